The van der Waals surface area contributed by atoms with Crippen LogP contribution in [-0.2, 0) is 19.1 Å². The minimum atomic E-state index is -0.447. The van der Waals surface area contributed by atoms with E-state index in [2.05, 4.69) is 0 Å². The van der Waals surface area contributed by atoms with Gasteiger partial charge in [0.05, 0.1) is 24.1 Å². The third-order valence-corrected chi connectivity index (χ3v) is 4.20. The molecule has 0 radical (unpaired) electrons. The molecule has 114 valence electrons. The summed E-state index contributed by atoms with van der Waals surface area (Å²) in [6.45, 7) is 1.47. The van der Waals surface area contributed by atoms with E-state index in [1.165, 1.54) is 11.8 Å². The van der Waals surface area contributed by atoms with Crippen LogP contribution in [0.1, 0.15) is 13.3 Å². The van der Waals surface area contributed by atoms with Gasteiger partial charge in [0.25, 0.3) is 0 Å². The van der Waals surface area contributed by atoms with E-state index in [1.807, 2.05) is 18.2 Å². The van der Waals surface area contributed by atoms with Crippen LogP contribution in [0.4, 0.5) is 5.69 Å². The highest BCUT2D eigenvalue weighted by molar-refractivity contribution is 6.22. The molecule has 2 aliphatic rings. The number of para-hydroxylation sites is 1. The van der Waals surface area contributed by atoms with Crippen LogP contribution in [-0.4, -0.2) is 24.4 Å². The third-order valence-electron chi connectivity index (χ3n) is 4.20. The summed E-state index contributed by atoms with van der Waals surface area (Å²) in [5.74, 6) is -1.81. The molecule has 0 saturated carbocycles. The number of carbonyl (C=O) groups is 3. The summed E-state index contributed by atoms with van der Waals surface area (Å²) in [6, 6.07) is 8.94. The number of esters is 1. The lowest BCUT2D eigenvalue weighted by Gasteiger charge is -2.25. The van der Waals surface area contributed by atoms with Gasteiger partial charge in [-0.05, 0) is 18.6 Å². The van der Waals surface area contributed by atoms with Gasteiger partial charge in [-0.15, -0.1) is 0 Å². The lowest BCUT2D eigenvalue weighted by Crippen LogP contribution is -2.33. The summed E-state index contributed by atoms with van der Waals surface area (Å²) in [5, 5.41) is 0. The minimum absolute atomic E-state index is 0.134. The Morgan fingerprint density at radius 1 is 1.23 bits per heavy atom. The number of hydrogen-bond acceptors (Lipinski definition) is 4. The predicted octanol–water partition coefficient (Wildman–Crippen LogP) is 1.93. The Morgan fingerprint density at radius 3 is 2.64 bits per heavy atom. The largest absolute Gasteiger partial charge is 0.465 e. The number of carbonyl (C=O) groups excluding carboxylic acids is 3. The van der Waals surface area contributed by atoms with Crippen molar-refractivity contribution in [3.8, 4) is 0 Å². The van der Waals surface area contributed by atoms with Crippen LogP contribution in [0.15, 0.2) is 42.5 Å². The van der Waals surface area contributed by atoms with E-state index in [1.54, 1.807) is 24.3 Å². The molecule has 3 rings (SSSR count). The Balaban J connectivity index is 1.87. The SMILES string of the molecule is CC(=O)OC[C@@H]1C=CC[C@@H]2C(=O)N(c3ccccc3)C(=O)[C@@H]21. The maximum Gasteiger partial charge on any atom is 0.302 e. The highest BCUT2D eigenvalue weighted by Crippen LogP contribution is 2.40. The van der Waals surface area contributed by atoms with Gasteiger partial charge < -0.3 is 4.74 Å². The molecule has 0 unspecified atom stereocenters. The lowest BCUT2D eigenvalue weighted by molar-refractivity contribution is -0.143. The molecule has 0 N–H and O–H groups in total. The Bertz CT molecular complexity index is 637. The second-order valence-corrected chi connectivity index (χ2v) is 5.61. The first kappa shape index (κ1) is 14.5. The molecule has 1 aliphatic carbocycles. The van der Waals surface area contributed by atoms with Crippen LogP contribution in [0.3, 0.4) is 0 Å². The first-order valence-electron chi connectivity index (χ1n) is 7.32. The van der Waals surface area contributed by atoms with Crippen molar-refractivity contribution in [1.82, 2.24) is 0 Å². The molecule has 0 spiro atoms. The number of nitrogens with zero attached hydrogens (tertiary/aromatic N) is 1. The standard InChI is InChI=1S/C17H17NO4/c1-11(19)22-10-12-6-5-9-14-15(12)17(21)18(16(14)20)13-7-3-2-4-8-13/h2-8,12,14-15H,9-10H2,1H3/t12-,14-,15+/m0/s1. The highest BCUT2D eigenvalue weighted by atomic mass is 16.5. The minimum Gasteiger partial charge on any atom is -0.465 e. The number of anilines is 1. The fraction of sp³-hybridized carbons (Fsp3) is 0.353. The smallest absolute Gasteiger partial charge is 0.302 e. The molecule has 1 saturated heterocycles. The van der Waals surface area contributed by atoms with E-state index >= 15 is 0 Å². The summed E-state index contributed by atoms with van der Waals surface area (Å²) in [7, 11) is 0. The first-order valence-corrected chi connectivity index (χ1v) is 7.32. The number of amides is 2. The summed E-state index contributed by atoms with van der Waals surface area (Å²) < 4.78 is 5.04. The van der Waals surface area contributed by atoms with E-state index in [-0.39, 0.29) is 36.2 Å². The maximum absolute atomic E-state index is 12.7. The van der Waals surface area contributed by atoms with E-state index in [9.17, 15) is 14.4 Å². The molecule has 2 amide bonds. The van der Waals surface area contributed by atoms with Gasteiger partial charge in [-0.2, -0.15) is 0 Å². The molecule has 1 fully saturated rings. The summed E-state index contributed by atoms with van der Waals surface area (Å²) >= 11 is 0. The zero-order valence-corrected chi connectivity index (χ0v) is 12.3. The lowest BCUT2D eigenvalue weighted by atomic mass is 9.78. The third kappa shape index (κ3) is 2.43. The van der Waals surface area contributed by atoms with Crippen LogP contribution in [0.5, 0.6) is 0 Å². The second-order valence-electron chi connectivity index (χ2n) is 5.61. The molecule has 1 aromatic rings. The van der Waals surface area contributed by atoms with Crippen molar-refractivity contribution in [1.29, 1.82) is 0 Å². The Kier molecular flexibility index (Phi) is 3.79. The number of rotatable bonds is 3. The number of hydrogen-bond donors (Lipinski definition) is 0. The normalized spacial score (nSPS) is 27.0. The monoisotopic (exact) mass is 299 g/mol. The highest BCUT2D eigenvalue weighted by Gasteiger charge is 2.51. The number of ether oxygens (including phenoxy) is 1. The molecule has 0 aromatic heterocycles. The van der Waals surface area contributed by atoms with Crippen molar-refractivity contribution >= 4 is 23.5 Å². The van der Waals surface area contributed by atoms with E-state index < -0.39 is 5.92 Å². The van der Waals surface area contributed by atoms with Crippen molar-refractivity contribution in [3.05, 3.63) is 42.5 Å². The van der Waals surface area contributed by atoms with Crippen LogP contribution in [0.25, 0.3) is 0 Å². The van der Waals surface area contributed by atoms with Crippen LogP contribution in [0, 0.1) is 17.8 Å². The molecule has 5 nitrogen and oxygen atoms in total. The van der Waals surface area contributed by atoms with Crippen molar-refractivity contribution in [2.45, 2.75) is 13.3 Å². The number of benzene rings is 1. The van der Waals surface area contributed by atoms with E-state index in [4.69, 9.17) is 4.74 Å². The molecule has 1 heterocycles. The topological polar surface area (TPSA) is 63.7 Å². The van der Waals surface area contributed by atoms with Crippen LogP contribution >= 0.6 is 0 Å². The van der Waals surface area contributed by atoms with Crippen molar-refractivity contribution in [2.24, 2.45) is 17.8 Å². The molecule has 5 heteroatoms. The van der Waals surface area contributed by atoms with Gasteiger partial charge in [0, 0.05) is 12.8 Å². The fourth-order valence-corrected chi connectivity index (χ4v) is 3.20. The Hall–Kier alpha value is -2.43. The molecule has 1 aliphatic heterocycles. The fourth-order valence-electron chi connectivity index (χ4n) is 3.20. The zero-order chi connectivity index (χ0) is 15.7. The van der Waals surface area contributed by atoms with Crippen molar-refractivity contribution < 1.29 is 19.1 Å². The summed E-state index contributed by atoms with van der Waals surface area (Å²) in [6.07, 6.45) is 4.33. The Labute approximate surface area is 128 Å². The van der Waals surface area contributed by atoms with Crippen LogP contribution < -0.4 is 4.90 Å². The summed E-state index contributed by atoms with van der Waals surface area (Å²) in [5.41, 5.74) is 0.595. The van der Waals surface area contributed by atoms with Gasteiger partial charge in [-0.3, -0.25) is 19.3 Å². The zero-order valence-electron chi connectivity index (χ0n) is 12.3. The maximum atomic E-state index is 12.7. The number of allylic oxidation sites excluding steroid dienone is 1. The summed E-state index contributed by atoms with van der Waals surface area (Å²) in [4.78, 5) is 37.6. The van der Waals surface area contributed by atoms with Crippen molar-refractivity contribution in [3.63, 3.8) is 0 Å². The molecular weight excluding hydrogens is 282 g/mol. The van der Waals surface area contributed by atoms with Gasteiger partial charge in [0.15, 0.2) is 0 Å². The molecular formula is C17H17NO4. The predicted molar refractivity (Wildman–Crippen MR) is 79.8 cm³/mol. The first-order chi connectivity index (χ1) is 10.6. The molecule has 1 aromatic carbocycles. The quantitative estimate of drug-likeness (QED) is 0.486. The average molecular weight is 299 g/mol. The van der Waals surface area contributed by atoms with Gasteiger partial charge in [-0.1, -0.05) is 30.4 Å². The van der Waals surface area contributed by atoms with Gasteiger partial charge in [0.1, 0.15) is 0 Å². The van der Waals surface area contributed by atoms with Crippen LogP contribution in [0.2, 0.25) is 0 Å². The van der Waals surface area contributed by atoms with Gasteiger partial charge >= 0.3 is 5.97 Å². The molecule has 0 bridgehead atoms. The van der Waals surface area contributed by atoms with E-state index in [0.717, 1.165) is 0 Å². The van der Waals surface area contributed by atoms with Gasteiger partial charge in [0.2, 0.25) is 11.8 Å². The number of imide groups is 1. The number of fused-ring (bicyclic) bond motifs is 1. The van der Waals surface area contributed by atoms with Crippen molar-refractivity contribution in [2.75, 3.05) is 11.5 Å². The molecule has 22 heavy (non-hydrogen) atoms. The Morgan fingerprint density at radius 2 is 1.95 bits per heavy atom. The second kappa shape index (κ2) is 5.75. The molecule has 3 atom stereocenters. The average Bonchev–Trinajstić information content (AvgIpc) is 2.78. The van der Waals surface area contributed by atoms with Gasteiger partial charge in [-0.25, -0.2) is 0 Å². The van der Waals surface area contributed by atoms with E-state index in [0.29, 0.717) is 12.1 Å².